The SMILES string of the molecule is Cc1ccc(N=Cc2ccccc2OCc2ccccc2Cl)c(C)c1. The molecule has 25 heavy (non-hydrogen) atoms. The molecule has 0 saturated carbocycles. The summed E-state index contributed by atoms with van der Waals surface area (Å²) in [5, 5.41) is 0.712. The van der Waals surface area contributed by atoms with Crippen LogP contribution in [0.5, 0.6) is 5.75 Å². The highest BCUT2D eigenvalue weighted by atomic mass is 35.5. The fourth-order valence-electron chi connectivity index (χ4n) is 2.58. The van der Waals surface area contributed by atoms with Gasteiger partial charge in [0, 0.05) is 22.4 Å². The van der Waals surface area contributed by atoms with Crippen LogP contribution < -0.4 is 4.74 Å². The van der Waals surface area contributed by atoms with Gasteiger partial charge in [0.15, 0.2) is 0 Å². The van der Waals surface area contributed by atoms with Crippen LogP contribution >= 0.6 is 11.6 Å². The summed E-state index contributed by atoms with van der Waals surface area (Å²) in [5.74, 6) is 0.788. The van der Waals surface area contributed by atoms with Crippen molar-refractivity contribution in [3.8, 4) is 5.75 Å². The van der Waals surface area contributed by atoms with Gasteiger partial charge in [-0.1, -0.05) is 59.6 Å². The zero-order valence-corrected chi connectivity index (χ0v) is 15.1. The quantitative estimate of drug-likeness (QED) is 0.496. The number of ether oxygens (including phenoxy) is 1. The number of aliphatic imine (C=N–C) groups is 1. The summed E-state index contributed by atoms with van der Waals surface area (Å²) in [5.41, 5.74) is 5.26. The summed E-state index contributed by atoms with van der Waals surface area (Å²) < 4.78 is 5.97. The zero-order chi connectivity index (χ0) is 17.6. The average Bonchev–Trinajstić information content (AvgIpc) is 2.61. The first-order valence-electron chi connectivity index (χ1n) is 8.20. The molecule has 3 aromatic rings. The van der Waals surface area contributed by atoms with Crippen molar-refractivity contribution in [3.05, 3.63) is 94.0 Å². The van der Waals surface area contributed by atoms with E-state index in [-0.39, 0.29) is 0 Å². The van der Waals surface area contributed by atoms with Crippen LogP contribution in [0.25, 0.3) is 0 Å². The predicted molar refractivity (Wildman–Crippen MR) is 105 cm³/mol. The van der Waals surface area contributed by atoms with Crippen LogP contribution in [0, 0.1) is 13.8 Å². The van der Waals surface area contributed by atoms with Crippen molar-refractivity contribution >= 4 is 23.5 Å². The fourth-order valence-corrected chi connectivity index (χ4v) is 2.77. The number of halogens is 1. The molecule has 3 aromatic carbocycles. The third kappa shape index (κ3) is 4.49. The van der Waals surface area contributed by atoms with Crippen molar-refractivity contribution < 1.29 is 4.74 Å². The second kappa shape index (κ2) is 8.00. The van der Waals surface area contributed by atoms with E-state index in [1.54, 1.807) is 0 Å². The standard InChI is InChI=1S/C22H20ClNO/c1-16-11-12-21(17(2)13-16)24-14-18-7-4-6-10-22(18)25-15-19-8-3-5-9-20(19)23/h3-14H,15H2,1-2H3. The summed E-state index contributed by atoms with van der Waals surface area (Å²) in [6.45, 7) is 4.58. The summed E-state index contributed by atoms with van der Waals surface area (Å²) >= 11 is 6.20. The number of hydrogen-bond donors (Lipinski definition) is 0. The van der Waals surface area contributed by atoms with Gasteiger partial charge in [-0.2, -0.15) is 0 Å². The van der Waals surface area contributed by atoms with Gasteiger partial charge in [0.25, 0.3) is 0 Å². The maximum absolute atomic E-state index is 6.20. The van der Waals surface area contributed by atoms with Crippen LogP contribution in [0.1, 0.15) is 22.3 Å². The number of benzene rings is 3. The van der Waals surface area contributed by atoms with Crippen LogP contribution in [0.15, 0.2) is 71.7 Å². The van der Waals surface area contributed by atoms with Crippen molar-refractivity contribution in [1.29, 1.82) is 0 Å². The van der Waals surface area contributed by atoms with E-state index in [9.17, 15) is 0 Å². The summed E-state index contributed by atoms with van der Waals surface area (Å²) in [6, 6.07) is 21.8. The Balaban J connectivity index is 1.79. The molecule has 0 spiro atoms. The van der Waals surface area contributed by atoms with Crippen molar-refractivity contribution in [2.75, 3.05) is 0 Å². The molecule has 0 heterocycles. The molecule has 126 valence electrons. The summed E-state index contributed by atoms with van der Waals surface area (Å²) in [6.07, 6.45) is 1.85. The molecule has 0 aromatic heterocycles. The minimum atomic E-state index is 0.425. The Morgan fingerprint density at radius 2 is 1.72 bits per heavy atom. The second-order valence-electron chi connectivity index (χ2n) is 5.97. The van der Waals surface area contributed by atoms with Gasteiger partial charge in [0.1, 0.15) is 12.4 Å². The highest BCUT2D eigenvalue weighted by Crippen LogP contribution is 2.23. The molecular formula is C22H20ClNO. The van der Waals surface area contributed by atoms with Gasteiger partial charge >= 0.3 is 0 Å². The number of hydrogen-bond acceptors (Lipinski definition) is 2. The molecule has 0 fully saturated rings. The Labute approximate surface area is 153 Å². The lowest BCUT2D eigenvalue weighted by Crippen LogP contribution is -1.98. The van der Waals surface area contributed by atoms with Crippen LogP contribution in [0.2, 0.25) is 5.02 Å². The van der Waals surface area contributed by atoms with Gasteiger partial charge in [-0.15, -0.1) is 0 Å². The van der Waals surface area contributed by atoms with Gasteiger partial charge in [0.2, 0.25) is 0 Å². The lowest BCUT2D eigenvalue weighted by Gasteiger charge is -2.10. The smallest absolute Gasteiger partial charge is 0.128 e. The number of rotatable bonds is 5. The molecule has 0 unspecified atom stereocenters. The van der Waals surface area contributed by atoms with E-state index in [1.165, 1.54) is 5.56 Å². The molecule has 0 amide bonds. The van der Waals surface area contributed by atoms with Gasteiger partial charge in [0.05, 0.1) is 5.69 Å². The molecule has 0 aliphatic rings. The third-order valence-corrected chi connectivity index (χ3v) is 4.32. The number of nitrogens with zero attached hydrogens (tertiary/aromatic N) is 1. The minimum Gasteiger partial charge on any atom is -0.488 e. The van der Waals surface area contributed by atoms with Crippen molar-refractivity contribution in [2.24, 2.45) is 4.99 Å². The molecule has 0 radical (unpaired) electrons. The van der Waals surface area contributed by atoms with E-state index in [4.69, 9.17) is 16.3 Å². The first kappa shape index (κ1) is 17.2. The van der Waals surface area contributed by atoms with E-state index in [0.717, 1.165) is 28.1 Å². The van der Waals surface area contributed by atoms with Crippen molar-refractivity contribution in [3.63, 3.8) is 0 Å². The highest BCUT2D eigenvalue weighted by Gasteiger charge is 2.04. The normalized spacial score (nSPS) is 11.0. The first-order valence-corrected chi connectivity index (χ1v) is 8.58. The van der Waals surface area contributed by atoms with Gasteiger partial charge in [-0.05, 0) is 43.7 Å². The average molecular weight is 350 g/mol. The molecule has 0 saturated heterocycles. The van der Waals surface area contributed by atoms with E-state index in [1.807, 2.05) is 60.8 Å². The molecule has 0 aliphatic carbocycles. The third-order valence-electron chi connectivity index (χ3n) is 3.96. The summed E-state index contributed by atoms with van der Waals surface area (Å²) in [4.78, 5) is 4.62. The predicted octanol–water partition coefficient (Wildman–Crippen LogP) is 6.29. The van der Waals surface area contributed by atoms with Crippen molar-refractivity contribution in [1.82, 2.24) is 0 Å². The molecular weight excluding hydrogens is 330 g/mol. The molecule has 0 N–H and O–H groups in total. The van der Waals surface area contributed by atoms with Gasteiger partial charge in [-0.3, -0.25) is 4.99 Å². The Kier molecular flexibility index (Phi) is 5.52. The lowest BCUT2D eigenvalue weighted by molar-refractivity contribution is 0.306. The number of para-hydroxylation sites is 1. The largest absolute Gasteiger partial charge is 0.488 e. The van der Waals surface area contributed by atoms with E-state index in [0.29, 0.717) is 11.6 Å². The van der Waals surface area contributed by atoms with Crippen LogP contribution in [-0.2, 0) is 6.61 Å². The Bertz CT molecular complexity index is 902. The topological polar surface area (TPSA) is 21.6 Å². The molecule has 3 heteroatoms. The fraction of sp³-hybridized carbons (Fsp3) is 0.136. The maximum atomic E-state index is 6.20. The molecule has 3 rings (SSSR count). The van der Waals surface area contributed by atoms with Crippen molar-refractivity contribution in [2.45, 2.75) is 20.5 Å². The first-order chi connectivity index (χ1) is 12.1. The Hall–Kier alpha value is -2.58. The van der Waals surface area contributed by atoms with E-state index >= 15 is 0 Å². The zero-order valence-electron chi connectivity index (χ0n) is 14.4. The maximum Gasteiger partial charge on any atom is 0.128 e. The van der Waals surface area contributed by atoms with Gasteiger partial charge < -0.3 is 4.74 Å². The molecule has 0 aliphatic heterocycles. The molecule has 2 nitrogen and oxygen atoms in total. The lowest BCUT2D eigenvalue weighted by atomic mass is 10.1. The minimum absolute atomic E-state index is 0.425. The van der Waals surface area contributed by atoms with Crippen LogP contribution in [0.4, 0.5) is 5.69 Å². The molecule has 0 atom stereocenters. The Morgan fingerprint density at radius 1 is 0.960 bits per heavy atom. The van der Waals surface area contributed by atoms with Gasteiger partial charge in [-0.25, -0.2) is 0 Å². The Morgan fingerprint density at radius 3 is 2.52 bits per heavy atom. The molecule has 0 bridgehead atoms. The monoisotopic (exact) mass is 349 g/mol. The van der Waals surface area contributed by atoms with E-state index < -0.39 is 0 Å². The van der Waals surface area contributed by atoms with Crippen LogP contribution in [-0.4, -0.2) is 6.21 Å². The number of aryl methyl sites for hydroxylation is 2. The summed E-state index contributed by atoms with van der Waals surface area (Å²) in [7, 11) is 0. The van der Waals surface area contributed by atoms with Crippen LogP contribution in [0.3, 0.4) is 0 Å². The van der Waals surface area contributed by atoms with E-state index in [2.05, 4.69) is 31.0 Å². The highest BCUT2D eigenvalue weighted by molar-refractivity contribution is 6.31. The second-order valence-corrected chi connectivity index (χ2v) is 6.37.